The Bertz CT molecular complexity index is 353. The molecule has 0 aliphatic carbocycles. The Balaban J connectivity index is 1.79. The number of piperidine rings is 1. The highest BCUT2D eigenvalue weighted by Crippen LogP contribution is 2.22. The first-order chi connectivity index (χ1) is 9.61. The number of likely N-dealkylation sites (tertiary alicyclic amines) is 1. The predicted octanol–water partition coefficient (Wildman–Crippen LogP) is 1.31. The number of amides is 2. The van der Waals surface area contributed by atoms with E-state index in [4.69, 9.17) is 9.84 Å². The molecule has 0 spiro atoms. The molecule has 2 heterocycles. The lowest BCUT2D eigenvalue weighted by molar-refractivity contribution is -0.142. The Hall–Kier alpha value is -1.30. The monoisotopic (exact) mass is 284 g/mol. The van der Waals surface area contributed by atoms with E-state index in [0.717, 1.165) is 31.8 Å². The molecule has 2 atom stereocenters. The molecular weight excluding hydrogens is 260 g/mol. The number of urea groups is 1. The second-order valence-electron chi connectivity index (χ2n) is 5.76. The van der Waals surface area contributed by atoms with Gasteiger partial charge in [0, 0.05) is 13.1 Å². The van der Waals surface area contributed by atoms with Crippen LogP contribution in [-0.4, -0.2) is 54.4 Å². The van der Waals surface area contributed by atoms with Crippen LogP contribution in [0, 0.1) is 11.8 Å². The summed E-state index contributed by atoms with van der Waals surface area (Å²) in [6.07, 6.45) is 4.51. The number of carboxylic acid groups (broad SMARTS) is 1. The summed E-state index contributed by atoms with van der Waals surface area (Å²) in [6.45, 7) is 4.18. The Kier molecular flexibility index (Phi) is 5.23. The normalized spacial score (nSPS) is 27.6. The third-order valence-electron chi connectivity index (χ3n) is 4.31. The SMILES string of the molecule is CCCC1CCN(C(=O)NC2COCC2C(=O)O)CC1. The molecule has 2 N–H and O–H groups in total. The van der Waals surface area contributed by atoms with Gasteiger partial charge in [-0.3, -0.25) is 4.79 Å². The van der Waals surface area contributed by atoms with Gasteiger partial charge in [-0.05, 0) is 18.8 Å². The number of nitrogens with zero attached hydrogens (tertiary/aromatic N) is 1. The number of nitrogens with one attached hydrogen (secondary N) is 1. The summed E-state index contributed by atoms with van der Waals surface area (Å²) in [4.78, 5) is 25.0. The molecule has 114 valence electrons. The van der Waals surface area contributed by atoms with Crippen LogP contribution in [0.25, 0.3) is 0 Å². The largest absolute Gasteiger partial charge is 0.481 e. The summed E-state index contributed by atoms with van der Waals surface area (Å²) in [6, 6.07) is -0.560. The summed E-state index contributed by atoms with van der Waals surface area (Å²) in [7, 11) is 0. The average molecular weight is 284 g/mol. The summed E-state index contributed by atoms with van der Waals surface area (Å²) >= 11 is 0. The Morgan fingerprint density at radius 3 is 2.60 bits per heavy atom. The minimum absolute atomic E-state index is 0.151. The van der Waals surface area contributed by atoms with E-state index in [2.05, 4.69) is 12.2 Å². The van der Waals surface area contributed by atoms with Crippen molar-refractivity contribution < 1.29 is 19.4 Å². The number of hydrogen-bond acceptors (Lipinski definition) is 3. The van der Waals surface area contributed by atoms with Crippen molar-refractivity contribution in [2.24, 2.45) is 11.8 Å². The van der Waals surface area contributed by atoms with Crippen molar-refractivity contribution in [1.29, 1.82) is 0 Å². The van der Waals surface area contributed by atoms with Crippen molar-refractivity contribution in [3.05, 3.63) is 0 Å². The van der Waals surface area contributed by atoms with E-state index in [1.54, 1.807) is 4.90 Å². The fourth-order valence-electron chi connectivity index (χ4n) is 3.02. The molecule has 0 bridgehead atoms. The lowest BCUT2D eigenvalue weighted by Crippen LogP contribution is -2.50. The zero-order valence-electron chi connectivity index (χ0n) is 12.0. The van der Waals surface area contributed by atoms with E-state index < -0.39 is 17.9 Å². The molecule has 20 heavy (non-hydrogen) atoms. The number of carboxylic acids is 1. The van der Waals surface area contributed by atoms with E-state index in [1.165, 1.54) is 12.8 Å². The first kappa shape index (κ1) is 15.1. The molecule has 2 fully saturated rings. The van der Waals surface area contributed by atoms with Crippen LogP contribution < -0.4 is 5.32 Å². The number of ether oxygens (including phenoxy) is 1. The van der Waals surface area contributed by atoms with Crippen molar-refractivity contribution in [3.63, 3.8) is 0 Å². The predicted molar refractivity (Wildman–Crippen MR) is 73.5 cm³/mol. The third kappa shape index (κ3) is 3.62. The lowest BCUT2D eigenvalue weighted by Gasteiger charge is -2.33. The highest BCUT2D eigenvalue weighted by molar-refractivity contribution is 5.77. The second kappa shape index (κ2) is 6.92. The maximum Gasteiger partial charge on any atom is 0.317 e. The van der Waals surface area contributed by atoms with Crippen LogP contribution in [0.4, 0.5) is 4.79 Å². The molecule has 2 aliphatic rings. The molecule has 2 rings (SSSR count). The molecular formula is C14H24N2O4. The van der Waals surface area contributed by atoms with Crippen LogP contribution in [0.2, 0.25) is 0 Å². The lowest BCUT2D eigenvalue weighted by atomic mass is 9.93. The van der Waals surface area contributed by atoms with Crippen molar-refractivity contribution in [1.82, 2.24) is 10.2 Å². The number of carbonyl (C=O) groups excluding carboxylic acids is 1. The average Bonchev–Trinajstić information content (AvgIpc) is 2.88. The first-order valence-electron chi connectivity index (χ1n) is 7.47. The maximum atomic E-state index is 12.2. The Morgan fingerprint density at radius 1 is 1.30 bits per heavy atom. The summed E-state index contributed by atoms with van der Waals surface area (Å²) < 4.78 is 5.15. The van der Waals surface area contributed by atoms with E-state index in [1.807, 2.05) is 0 Å². The van der Waals surface area contributed by atoms with E-state index in [-0.39, 0.29) is 19.2 Å². The molecule has 6 nitrogen and oxygen atoms in total. The van der Waals surface area contributed by atoms with Crippen LogP contribution >= 0.6 is 0 Å². The summed E-state index contributed by atoms with van der Waals surface area (Å²) in [5.41, 5.74) is 0. The van der Waals surface area contributed by atoms with Crippen LogP contribution in [-0.2, 0) is 9.53 Å². The molecule has 0 saturated carbocycles. The van der Waals surface area contributed by atoms with Crippen LogP contribution in [0.5, 0.6) is 0 Å². The van der Waals surface area contributed by atoms with Gasteiger partial charge in [-0.15, -0.1) is 0 Å². The number of carbonyl (C=O) groups is 2. The molecule has 0 aromatic heterocycles. The van der Waals surface area contributed by atoms with E-state index >= 15 is 0 Å². The van der Waals surface area contributed by atoms with Crippen molar-refractivity contribution in [2.75, 3.05) is 26.3 Å². The van der Waals surface area contributed by atoms with Gasteiger partial charge in [0.15, 0.2) is 0 Å². The molecule has 2 aliphatic heterocycles. The third-order valence-corrected chi connectivity index (χ3v) is 4.31. The van der Waals surface area contributed by atoms with Gasteiger partial charge in [-0.1, -0.05) is 19.8 Å². The van der Waals surface area contributed by atoms with Crippen LogP contribution in [0.1, 0.15) is 32.6 Å². The minimum Gasteiger partial charge on any atom is -0.481 e. The molecule has 0 aromatic rings. The van der Waals surface area contributed by atoms with Crippen LogP contribution in [0.3, 0.4) is 0 Å². The van der Waals surface area contributed by atoms with Crippen LogP contribution in [0.15, 0.2) is 0 Å². The molecule has 2 saturated heterocycles. The molecule has 0 aromatic carbocycles. The number of aliphatic carboxylic acids is 1. The summed E-state index contributed by atoms with van der Waals surface area (Å²) in [5.74, 6) is -0.809. The van der Waals surface area contributed by atoms with E-state index in [0.29, 0.717) is 0 Å². The molecule has 2 amide bonds. The second-order valence-corrected chi connectivity index (χ2v) is 5.76. The molecule has 0 radical (unpaired) electrons. The highest BCUT2D eigenvalue weighted by Gasteiger charge is 2.36. The highest BCUT2D eigenvalue weighted by atomic mass is 16.5. The van der Waals surface area contributed by atoms with Crippen molar-refractivity contribution in [3.8, 4) is 0 Å². The van der Waals surface area contributed by atoms with Gasteiger partial charge in [0.05, 0.1) is 19.3 Å². The molecule has 2 unspecified atom stereocenters. The van der Waals surface area contributed by atoms with Gasteiger partial charge < -0.3 is 20.1 Å². The smallest absolute Gasteiger partial charge is 0.317 e. The van der Waals surface area contributed by atoms with Gasteiger partial charge in [0.2, 0.25) is 0 Å². The zero-order valence-corrected chi connectivity index (χ0v) is 12.0. The van der Waals surface area contributed by atoms with Gasteiger partial charge >= 0.3 is 12.0 Å². The number of rotatable bonds is 4. The molecule has 6 heteroatoms. The fourth-order valence-corrected chi connectivity index (χ4v) is 3.02. The maximum absolute atomic E-state index is 12.2. The van der Waals surface area contributed by atoms with Gasteiger partial charge in [-0.25, -0.2) is 4.79 Å². The van der Waals surface area contributed by atoms with E-state index in [9.17, 15) is 9.59 Å². The van der Waals surface area contributed by atoms with Crippen molar-refractivity contribution >= 4 is 12.0 Å². The fraction of sp³-hybridized carbons (Fsp3) is 0.857. The summed E-state index contributed by atoms with van der Waals surface area (Å²) in [5, 5.41) is 11.9. The zero-order chi connectivity index (χ0) is 14.5. The topological polar surface area (TPSA) is 78.9 Å². The number of hydrogen-bond donors (Lipinski definition) is 2. The van der Waals surface area contributed by atoms with Gasteiger partial charge in [0.25, 0.3) is 0 Å². The van der Waals surface area contributed by atoms with Gasteiger partial charge in [0.1, 0.15) is 5.92 Å². The Labute approximate surface area is 119 Å². The van der Waals surface area contributed by atoms with Crippen molar-refractivity contribution in [2.45, 2.75) is 38.6 Å². The minimum atomic E-state index is -0.908. The van der Waals surface area contributed by atoms with Gasteiger partial charge in [-0.2, -0.15) is 0 Å². The first-order valence-corrected chi connectivity index (χ1v) is 7.47. The standard InChI is InChI=1S/C14H24N2O4/c1-2-3-10-4-6-16(7-5-10)14(19)15-12-9-20-8-11(12)13(17)18/h10-12H,2-9H2,1H3,(H,15,19)(H,17,18). The quantitative estimate of drug-likeness (QED) is 0.816. The Morgan fingerprint density at radius 2 is 2.00 bits per heavy atom.